The lowest BCUT2D eigenvalue weighted by Gasteiger charge is -1.99. The molecule has 0 aromatic carbocycles. The van der Waals surface area contributed by atoms with Crippen LogP contribution in [0.4, 0.5) is 0 Å². The van der Waals surface area contributed by atoms with Gasteiger partial charge in [0.25, 0.3) is 5.56 Å². The van der Waals surface area contributed by atoms with E-state index in [4.69, 9.17) is 4.42 Å². The monoisotopic (exact) mass is 241 g/mol. The van der Waals surface area contributed by atoms with Crippen molar-refractivity contribution in [2.24, 2.45) is 0 Å². The first-order chi connectivity index (χ1) is 8.83. The number of furan rings is 1. The molecule has 1 N–H and O–H groups in total. The number of hydrogen-bond donors (Lipinski definition) is 1. The number of nitrogens with one attached hydrogen (secondary N) is 1. The van der Waals surface area contributed by atoms with Gasteiger partial charge in [0.1, 0.15) is 5.69 Å². The van der Waals surface area contributed by atoms with E-state index in [0.29, 0.717) is 17.4 Å². The van der Waals surface area contributed by atoms with E-state index in [9.17, 15) is 4.79 Å². The summed E-state index contributed by atoms with van der Waals surface area (Å²) in [7, 11) is 0. The summed E-state index contributed by atoms with van der Waals surface area (Å²) in [5.41, 5.74) is 2.32. The van der Waals surface area contributed by atoms with E-state index in [-0.39, 0.29) is 5.56 Å². The van der Waals surface area contributed by atoms with Gasteiger partial charge in [-0.05, 0) is 30.9 Å². The van der Waals surface area contributed by atoms with Crippen LogP contribution in [-0.2, 0) is 0 Å². The van der Waals surface area contributed by atoms with E-state index in [0.717, 1.165) is 11.2 Å². The summed E-state index contributed by atoms with van der Waals surface area (Å²) in [6.07, 6.45) is 5.81. The molecule has 5 heteroatoms. The summed E-state index contributed by atoms with van der Waals surface area (Å²) in [5, 5.41) is 2.96. The van der Waals surface area contributed by atoms with Gasteiger partial charge in [-0.2, -0.15) is 0 Å². The molecule has 5 nitrogen and oxygen atoms in total. The molecule has 0 saturated heterocycles. The number of nitrogens with zero attached hydrogens (tertiary/aromatic N) is 2. The molecule has 90 valence electrons. The predicted octanol–water partition coefficient (Wildman–Crippen LogP) is 2.16. The molecule has 3 heterocycles. The Morgan fingerprint density at radius 1 is 1.44 bits per heavy atom. The number of hydrogen-bond acceptors (Lipinski definition) is 3. The second-order valence-electron chi connectivity index (χ2n) is 4.62. The van der Waals surface area contributed by atoms with Crippen LogP contribution < -0.4 is 5.56 Å². The SMILES string of the molecule is O=c1cc(-c2ccco2)nc2c(C3CC3)c[nH]n12. The molecule has 0 bridgehead atoms. The lowest BCUT2D eigenvalue weighted by atomic mass is 10.2. The minimum absolute atomic E-state index is 0.113. The Labute approximate surface area is 102 Å². The highest BCUT2D eigenvalue weighted by Gasteiger charge is 2.27. The number of aromatic amines is 1. The van der Waals surface area contributed by atoms with Crippen molar-refractivity contribution in [1.82, 2.24) is 14.6 Å². The molecule has 4 rings (SSSR count). The van der Waals surface area contributed by atoms with Gasteiger partial charge in [0.2, 0.25) is 0 Å². The van der Waals surface area contributed by atoms with Gasteiger partial charge in [-0.15, -0.1) is 0 Å². The van der Waals surface area contributed by atoms with E-state index in [2.05, 4.69) is 10.1 Å². The maximum absolute atomic E-state index is 12.0. The van der Waals surface area contributed by atoms with Crippen molar-refractivity contribution < 1.29 is 4.42 Å². The van der Waals surface area contributed by atoms with Crippen LogP contribution >= 0.6 is 0 Å². The molecular formula is C13H11N3O2. The van der Waals surface area contributed by atoms with Crippen molar-refractivity contribution in [1.29, 1.82) is 0 Å². The Hall–Kier alpha value is -2.30. The van der Waals surface area contributed by atoms with Crippen molar-refractivity contribution in [2.75, 3.05) is 0 Å². The van der Waals surface area contributed by atoms with Gasteiger partial charge in [-0.1, -0.05) is 0 Å². The van der Waals surface area contributed by atoms with Crippen molar-refractivity contribution in [2.45, 2.75) is 18.8 Å². The van der Waals surface area contributed by atoms with Crippen LogP contribution in [0.1, 0.15) is 24.3 Å². The molecule has 0 atom stereocenters. The zero-order valence-electron chi connectivity index (χ0n) is 9.59. The molecule has 0 aliphatic heterocycles. The minimum Gasteiger partial charge on any atom is -0.463 e. The fourth-order valence-electron chi connectivity index (χ4n) is 2.24. The minimum atomic E-state index is -0.113. The van der Waals surface area contributed by atoms with Gasteiger partial charge < -0.3 is 4.42 Å². The lowest BCUT2D eigenvalue weighted by Crippen LogP contribution is -2.14. The summed E-state index contributed by atoms with van der Waals surface area (Å²) in [6, 6.07) is 5.08. The van der Waals surface area contributed by atoms with Crippen LogP contribution in [0.15, 0.2) is 39.9 Å². The first-order valence-electron chi connectivity index (χ1n) is 5.98. The molecule has 0 unspecified atom stereocenters. The van der Waals surface area contributed by atoms with E-state index >= 15 is 0 Å². The van der Waals surface area contributed by atoms with Crippen molar-refractivity contribution in [3.63, 3.8) is 0 Å². The van der Waals surface area contributed by atoms with Crippen molar-refractivity contribution >= 4 is 5.65 Å². The van der Waals surface area contributed by atoms with Crippen LogP contribution in [0.5, 0.6) is 0 Å². The lowest BCUT2D eigenvalue weighted by molar-refractivity contribution is 0.579. The Kier molecular flexibility index (Phi) is 1.81. The van der Waals surface area contributed by atoms with Gasteiger partial charge in [-0.25, -0.2) is 9.50 Å². The van der Waals surface area contributed by atoms with E-state index in [1.165, 1.54) is 23.4 Å². The Morgan fingerprint density at radius 3 is 3.06 bits per heavy atom. The molecule has 1 saturated carbocycles. The quantitative estimate of drug-likeness (QED) is 0.747. The smallest absolute Gasteiger partial charge is 0.273 e. The third kappa shape index (κ3) is 1.33. The molecule has 0 spiro atoms. The van der Waals surface area contributed by atoms with Crippen LogP contribution in [0.2, 0.25) is 0 Å². The highest BCUT2D eigenvalue weighted by molar-refractivity contribution is 5.59. The summed E-state index contributed by atoms with van der Waals surface area (Å²) in [4.78, 5) is 16.5. The van der Waals surface area contributed by atoms with Crippen LogP contribution in [0.25, 0.3) is 17.1 Å². The predicted molar refractivity (Wildman–Crippen MR) is 65.5 cm³/mol. The van der Waals surface area contributed by atoms with Gasteiger partial charge >= 0.3 is 0 Å². The molecule has 1 aliphatic carbocycles. The zero-order chi connectivity index (χ0) is 12.1. The first-order valence-corrected chi connectivity index (χ1v) is 5.98. The highest BCUT2D eigenvalue weighted by atomic mass is 16.3. The third-order valence-corrected chi connectivity index (χ3v) is 3.32. The normalized spacial score (nSPS) is 15.3. The van der Waals surface area contributed by atoms with Gasteiger partial charge in [-0.3, -0.25) is 9.89 Å². The maximum atomic E-state index is 12.0. The van der Waals surface area contributed by atoms with Gasteiger partial charge in [0.05, 0.1) is 6.26 Å². The topological polar surface area (TPSA) is 63.3 Å². The fourth-order valence-corrected chi connectivity index (χ4v) is 2.24. The summed E-state index contributed by atoms with van der Waals surface area (Å²) in [5.74, 6) is 1.17. The average molecular weight is 241 g/mol. The van der Waals surface area contributed by atoms with Crippen molar-refractivity contribution in [3.8, 4) is 11.5 Å². The summed E-state index contributed by atoms with van der Waals surface area (Å²) < 4.78 is 6.78. The van der Waals surface area contributed by atoms with Crippen LogP contribution in [0.3, 0.4) is 0 Å². The molecular weight excluding hydrogens is 230 g/mol. The Bertz CT molecular complexity index is 763. The Balaban J connectivity index is 2.01. The molecule has 3 aromatic heterocycles. The van der Waals surface area contributed by atoms with E-state index in [1.807, 2.05) is 12.3 Å². The zero-order valence-corrected chi connectivity index (χ0v) is 9.59. The molecule has 1 aliphatic rings. The number of fused-ring (bicyclic) bond motifs is 1. The first kappa shape index (κ1) is 9.70. The average Bonchev–Trinajstić information content (AvgIpc) is 2.93. The fraction of sp³-hybridized carbons (Fsp3) is 0.231. The van der Waals surface area contributed by atoms with Crippen LogP contribution in [0, 0.1) is 0 Å². The number of H-pyrrole nitrogens is 1. The summed E-state index contributed by atoms with van der Waals surface area (Å²) >= 11 is 0. The van der Waals surface area contributed by atoms with Gasteiger partial charge in [0.15, 0.2) is 11.4 Å². The largest absolute Gasteiger partial charge is 0.463 e. The van der Waals surface area contributed by atoms with Crippen LogP contribution in [-0.4, -0.2) is 14.6 Å². The second-order valence-corrected chi connectivity index (χ2v) is 4.62. The molecule has 0 amide bonds. The van der Waals surface area contributed by atoms with E-state index in [1.54, 1.807) is 12.3 Å². The molecule has 18 heavy (non-hydrogen) atoms. The number of aromatic nitrogens is 3. The highest BCUT2D eigenvalue weighted by Crippen LogP contribution is 2.41. The molecule has 1 fully saturated rings. The van der Waals surface area contributed by atoms with E-state index < -0.39 is 0 Å². The second kappa shape index (κ2) is 3.35. The van der Waals surface area contributed by atoms with Crippen molar-refractivity contribution in [3.05, 3.63) is 46.6 Å². The van der Waals surface area contributed by atoms with Gasteiger partial charge in [0, 0.05) is 17.8 Å². The summed E-state index contributed by atoms with van der Waals surface area (Å²) in [6.45, 7) is 0. The Morgan fingerprint density at radius 2 is 2.33 bits per heavy atom. The molecule has 3 aromatic rings. The maximum Gasteiger partial charge on any atom is 0.273 e. The third-order valence-electron chi connectivity index (χ3n) is 3.32. The number of rotatable bonds is 2. The standard InChI is InChI=1S/C13H11N3O2/c17-12-6-10(11-2-1-5-18-11)15-13-9(8-3-4-8)7-14-16(12)13/h1-2,5-8,14H,3-4H2. The molecule has 0 radical (unpaired) electrons.